The average molecular weight is 155 g/mol. The molecule has 4 nitrogen and oxygen atoms in total. The van der Waals surface area contributed by atoms with Gasteiger partial charge in [-0.3, -0.25) is 4.40 Å². The van der Waals surface area contributed by atoms with Gasteiger partial charge in [-0.2, -0.15) is 0 Å². The molecule has 2 aromatic heterocycles. The molecule has 0 amide bonds. The Labute approximate surface area is 61.5 Å². The van der Waals surface area contributed by atoms with E-state index in [9.17, 15) is 0 Å². The Morgan fingerprint density at radius 1 is 1.30 bits per heavy atom. The predicted molar refractivity (Wildman–Crippen MR) is 35.8 cm³/mol. The summed E-state index contributed by atoms with van der Waals surface area (Å²) in [5.41, 5.74) is 0. The van der Waals surface area contributed by atoms with Crippen molar-refractivity contribution >= 4 is 17.4 Å². The second-order valence-electron chi connectivity index (χ2n) is 1.74. The maximum absolute atomic E-state index is 5.67. The second-order valence-corrected chi connectivity index (χ2v) is 2.08. The van der Waals surface area contributed by atoms with Gasteiger partial charge in [-0.25, -0.2) is 15.0 Å². The van der Waals surface area contributed by atoms with Crippen molar-refractivity contribution in [3.8, 4) is 0 Å². The molecule has 2 aromatic rings. The van der Waals surface area contributed by atoms with Crippen LogP contribution in [0, 0.1) is 0 Å². The molecule has 0 fully saturated rings. The highest BCUT2D eigenvalue weighted by Crippen LogP contribution is 2.03. The van der Waals surface area contributed by atoms with E-state index in [-0.39, 0.29) is 0 Å². The van der Waals surface area contributed by atoms with E-state index in [1.54, 1.807) is 16.8 Å². The molecule has 0 N–H and O–H groups in total. The van der Waals surface area contributed by atoms with Crippen LogP contribution >= 0.6 is 11.6 Å². The maximum Gasteiger partial charge on any atom is 0.237 e. The molecule has 0 saturated heterocycles. The van der Waals surface area contributed by atoms with Crippen LogP contribution in [0.4, 0.5) is 0 Å². The molecule has 2 rings (SSSR count). The highest BCUT2D eigenvalue weighted by atomic mass is 35.5. The van der Waals surface area contributed by atoms with Gasteiger partial charge in [0.1, 0.15) is 6.33 Å². The molecule has 50 valence electrons. The monoisotopic (exact) mass is 154 g/mol. The molecule has 0 unspecified atom stereocenters. The second kappa shape index (κ2) is 1.91. The van der Waals surface area contributed by atoms with E-state index < -0.39 is 0 Å². The number of nitrogens with zero attached hydrogens (tertiary/aromatic N) is 4. The zero-order valence-corrected chi connectivity index (χ0v) is 5.65. The van der Waals surface area contributed by atoms with Crippen molar-refractivity contribution in [3.05, 3.63) is 24.0 Å². The summed E-state index contributed by atoms with van der Waals surface area (Å²) in [5, 5.41) is 0.377. The quantitative estimate of drug-likeness (QED) is 0.563. The van der Waals surface area contributed by atoms with Crippen molar-refractivity contribution in [1.29, 1.82) is 0 Å². The van der Waals surface area contributed by atoms with Gasteiger partial charge in [0, 0.05) is 12.4 Å². The fraction of sp³-hybridized carbons (Fsp3) is 0. The van der Waals surface area contributed by atoms with Crippen LogP contribution in [0.15, 0.2) is 18.7 Å². The van der Waals surface area contributed by atoms with Gasteiger partial charge in [0.25, 0.3) is 0 Å². The Morgan fingerprint density at radius 2 is 2.20 bits per heavy atom. The van der Waals surface area contributed by atoms with Gasteiger partial charge in [0.15, 0.2) is 0 Å². The molecule has 0 bridgehead atoms. The fourth-order valence-electron chi connectivity index (χ4n) is 0.725. The minimum atomic E-state index is 0.377. The topological polar surface area (TPSA) is 43.1 Å². The number of imidazole rings is 1. The fourth-order valence-corrected chi connectivity index (χ4v) is 0.901. The van der Waals surface area contributed by atoms with Gasteiger partial charge >= 0.3 is 0 Å². The van der Waals surface area contributed by atoms with Crippen molar-refractivity contribution in [2.75, 3.05) is 0 Å². The Hall–Kier alpha value is -1.16. The average Bonchev–Trinajstić information content (AvgIpc) is 2.36. The Balaban J connectivity index is 2.95. The molecule has 0 aliphatic rings. The van der Waals surface area contributed by atoms with Gasteiger partial charge in [0.2, 0.25) is 11.1 Å². The third-order valence-corrected chi connectivity index (χ3v) is 1.44. The van der Waals surface area contributed by atoms with Gasteiger partial charge < -0.3 is 0 Å². The van der Waals surface area contributed by atoms with Gasteiger partial charge in [-0.15, -0.1) is 0 Å². The number of hydrogen-bond donors (Lipinski definition) is 0. The van der Waals surface area contributed by atoms with Crippen LogP contribution in [0.5, 0.6) is 0 Å². The first-order chi connectivity index (χ1) is 4.88. The van der Waals surface area contributed by atoms with Crippen LogP contribution in [-0.2, 0) is 0 Å². The first kappa shape index (κ1) is 5.61. The third-order valence-electron chi connectivity index (χ3n) is 1.16. The molecule has 0 radical (unpaired) electrons. The van der Waals surface area contributed by atoms with Crippen LogP contribution < -0.4 is 0 Å². The lowest BCUT2D eigenvalue weighted by Gasteiger charge is -1.91. The molecule has 2 heterocycles. The van der Waals surface area contributed by atoms with Crippen LogP contribution in [0.3, 0.4) is 0 Å². The van der Waals surface area contributed by atoms with E-state index >= 15 is 0 Å². The molecule has 0 saturated carbocycles. The SMILES string of the molecule is Clc1ncnc2nccn12. The summed E-state index contributed by atoms with van der Waals surface area (Å²) < 4.78 is 1.60. The minimum absolute atomic E-state index is 0.377. The van der Waals surface area contributed by atoms with Crippen molar-refractivity contribution in [2.45, 2.75) is 0 Å². The Bertz CT molecular complexity index is 355. The lowest BCUT2D eigenvalue weighted by molar-refractivity contribution is 1.01. The highest BCUT2D eigenvalue weighted by molar-refractivity contribution is 6.28. The lowest BCUT2D eigenvalue weighted by Crippen LogP contribution is -1.90. The molecule has 0 aromatic carbocycles. The Morgan fingerprint density at radius 3 is 3.00 bits per heavy atom. The summed E-state index contributed by atoms with van der Waals surface area (Å²) in [6.45, 7) is 0. The van der Waals surface area contributed by atoms with E-state index in [4.69, 9.17) is 11.6 Å². The molecule has 5 heteroatoms. The summed E-state index contributed by atoms with van der Waals surface area (Å²) in [7, 11) is 0. The third kappa shape index (κ3) is 0.657. The molecule has 10 heavy (non-hydrogen) atoms. The maximum atomic E-state index is 5.67. The normalized spacial score (nSPS) is 10.5. The molecule has 0 aliphatic heterocycles. The number of rotatable bonds is 0. The zero-order chi connectivity index (χ0) is 6.97. The molecule has 0 aliphatic carbocycles. The van der Waals surface area contributed by atoms with Crippen molar-refractivity contribution in [3.63, 3.8) is 0 Å². The van der Waals surface area contributed by atoms with Crippen molar-refractivity contribution < 1.29 is 0 Å². The Kier molecular flexibility index (Phi) is 1.07. The predicted octanol–water partition coefficient (Wildman–Crippen LogP) is 0.778. The van der Waals surface area contributed by atoms with Crippen LogP contribution in [0.25, 0.3) is 5.78 Å². The standard InChI is InChI=1S/C5H3ClN4/c6-4-8-3-9-5-7-1-2-10(4)5/h1-3H. The van der Waals surface area contributed by atoms with Crippen molar-refractivity contribution in [2.24, 2.45) is 0 Å². The van der Waals surface area contributed by atoms with E-state index in [2.05, 4.69) is 15.0 Å². The molecular formula is C5H3ClN4. The first-order valence-corrected chi connectivity index (χ1v) is 3.05. The summed E-state index contributed by atoms with van der Waals surface area (Å²) in [6.07, 6.45) is 4.71. The number of aromatic nitrogens is 4. The van der Waals surface area contributed by atoms with E-state index in [0.29, 0.717) is 11.1 Å². The van der Waals surface area contributed by atoms with Gasteiger partial charge in [-0.05, 0) is 11.6 Å². The van der Waals surface area contributed by atoms with E-state index in [1.165, 1.54) is 6.33 Å². The van der Waals surface area contributed by atoms with Crippen LogP contribution in [0.2, 0.25) is 5.28 Å². The number of halogens is 1. The largest absolute Gasteiger partial charge is 0.258 e. The highest BCUT2D eigenvalue weighted by Gasteiger charge is 1.96. The minimum Gasteiger partial charge on any atom is -0.258 e. The van der Waals surface area contributed by atoms with Crippen LogP contribution in [-0.4, -0.2) is 19.4 Å². The van der Waals surface area contributed by atoms with E-state index in [1.807, 2.05) is 0 Å². The summed E-state index contributed by atoms with van der Waals surface area (Å²) in [6, 6.07) is 0. The van der Waals surface area contributed by atoms with Crippen LogP contribution in [0.1, 0.15) is 0 Å². The first-order valence-electron chi connectivity index (χ1n) is 2.67. The zero-order valence-electron chi connectivity index (χ0n) is 4.90. The number of fused-ring (bicyclic) bond motifs is 1. The molecular weight excluding hydrogens is 152 g/mol. The van der Waals surface area contributed by atoms with Gasteiger partial charge in [-0.1, -0.05) is 0 Å². The summed E-state index contributed by atoms with van der Waals surface area (Å²) in [4.78, 5) is 11.5. The van der Waals surface area contributed by atoms with Crippen molar-refractivity contribution in [1.82, 2.24) is 19.4 Å². The van der Waals surface area contributed by atoms with Gasteiger partial charge in [0.05, 0.1) is 0 Å². The lowest BCUT2D eigenvalue weighted by atomic mass is 10.9. The molecule has 0 atom stereocenters. The molecule has 0 spiro atoms. The summed E-state index contributed by atoms with van der Waals surface area (Å²) >= 11 is 5.67. The number of hydrogen-bond acceptors (Lipinski definition) is 3. The summed E-state index contributed by atoms with van der Waals surface area (Å²) in [5.74, 6) is 0.569. The smallest absolute Gasteiger partial charge is 0.237 e. The van der Waals surface area contributed by atoms with E-state index in [0.717, 1.165) is 0 Å².